The average molecular weight is 2070 g/mol. The maximum absolute atomic E-state index is 12.3. The Hall–Kier alpha value is -13.1. The van der Waals surface area contributed by atoms with Crippen molar-refractivity contribution in [3.63, 3.8) is 0 Å². The van der Waals surface area contributed by atoms with Gasteiger partial charge in [0.15, 0.2) is 65.8 Å². The van der Waals surface area contributed by atoms with Crippen molar-refractivity contribution in [1.29, 1.82) is 0 Å². The van der Waals surface area contributed by atoms with Gasteiger partial charge in [-0.05, 0) is 144 Å². The summed E-state index contributed by atoms with van der Waals surface area (Å²) < 4.78 is 35.3. The minimum Gasteiger partial charge on any atom is -0.618 e. The lowest BCUT2D eigenvalue weighted by Gasteiger charge is -2.13. The van der Waals surface area contributed by atoms with Gasteiger partial charge in [-0.1, -0.05) is 69.6 Å². The van der Waals surface area contributed by atoms with E-state index in [0.29, 0.717) is 116 Å². The number of imidazole rings is 6. The minimum atomic E-state index is 0.0532. The first-order chi connectivity index (χ1) is 62.4. The highest BCUT2D eigenvalue weighted by Crippen LogP contribution is 2.34. The Morgan fingerprint density at radius 1 is 0.313 bits per heavy atom. The van der Waals surface area contributed by atoms with Crippen LogP contribution in [-0.2, 0) is 39.3 Å². The van der Waals surface area contributed by atoms with Crippen molar-refractivity contribution < 1.29 is 23.7 Å². The zero-order chi connectivity index (χ0) is 94.6. The third-order valence-corrected chi connectivity index (χ3v) is 24.9. The number of aromatic nitrogens is 30. The molecule has 0 aliphatic carbocycles. The lowest BCUT2D eigenvalue weighted by Crippen LogP contribution is -2.34. The van der Waals surface area contributed by atoms with Crippen LogP contribution in [0.15, 0.2) is 79.7 Å². The molecule has 18 heterocycles. The molecule has 0 bridgehead atoms. The van der Waals surface area contributed by atoms with Crippen molar-refractivity contribution in [3.05, 3.63) is 220 Å². The first-order valence-electron chi connectivity index (χ1n) is 39.2. The SMILES string of the molecule is COc1c(C)c[n+]([O-])c(Cn2cnc3c(Cl)nc(N)nc32)c1C.COc1c(C)cnc(Cn2cnc3c(Br)nc(N)nc32)c1C.COc1c(C)cnc(Cn2cnc3c(Cl)nc(N)nc32)c1C.COc1c(C)cnc(Cn2cnc3c(Cl)nc(N)nc32)c1C.Cc1cnc(Cn2cnc3c(Cl)nc(N)nc32)c(C)c1Cl.Cc1cnc(Cn2cnc3c(Cl)nc(N)nc32)c(C)c1I. The van der Waals surface area contributed by atoms with Crippen LogP contribution in [0.25, 0.3) is 67.0 Å². The molecule has 0 aromatic carbocycles. The summed E-state index contributed by atoms with van der Waals surface area (Å²) in [5, 5.41) is 14.2. The first kappa shape index (κ1) is 95.5. The number of methoxy groups -OCH3 is 4. The van der Waals surface area contributed by atoms with Crippen LogP contribution in [0.5, 0.6) is 23.0 Å². The van der Waals surface area contributed by atoms with Crippen molar-refractivity contribution >= 4 is 211 Å². The molecule has 678 valence electrons. The molecule has 0 atom stereocenters. The summed E-state index contributed by atoms with van der Waals surface area (Å²) in [7, 11) is 6.55. The Morgan fingerprint density at radius 2 is 0.557 bits per heavy atom. The van der Waals surface area contributed by atoms with Crippen LogP contribution in [0.2, 0.25) is 30.8 Å². The lowest BCUT2D eigenvalue weighted by molar-refractivity contribution is -0.615. The highest BCUT2D eigenvalue weighted by molar-refractivity contribution is 14.1. The third kappa shape index (κ3) is 20.6. The molecule has 0 saturated carbocycles. The Balaban J connectivity index is 0.000000134. The molecular weight excluding hydrogens is 1990 g/mol. The van der Waals surface area contributed by atoms with Crippen molar-refractivity contribution in [1.82, 2.24) is 142 Å². The van der Waals surface area contributed by atoms with Crippen LogP contribution >= 0.6 is 108 Å². The molecule has 0 saturated heterocycles. The van der Waals surface area contributed by atoms with Gasteiger partial charge in [0, 0.05) is 73.0 Å². The molecular formula is C82H84BrCl6IN36O5. The molecule has 0 aliphatic rings. The number of halogens is 8. The van der Waals surface area contributed by atoms with E-state index < -0.39 is 0 Å². The summed E-state index contributed by atoms with van der Waals surface area (Å²) in [6.07, 6.45) is 20.4. The largest absolute Gasteiger partial charge is 0.618 e. The summed E-state index contributed by atoms with van der Waals surface area (Å²) in [6.45, 7) is 26.3. The van der Waals surface area contributed by atoms with Gasteiger partial charge in [-0.25, -0.2) is 34.9 Å². The Bertz CT molecular complexity index is 6930. The smallest absolute Gasteiger partial charge is 0.223 e. The van der Waals surface area contributed by atoms with E-state index in [4.69, 9.17) is 123 Å². The van der Waals surface area contributed by atoms with Crippen molar-refractivity contribution in [2.24, 2.45) is 0 Å². The van der Waals surface area contributed by atoms with E-state index in [0.717, 1.165) is 117 Å². The van der Waals surface area contributed by atoms with E-state index in [1.54, 1.807) is 95.8 Å². The highest BCUT2D eigenvalue weighted by Gasteiger charge is 2.25. The molecule has 18 aromatic rings. The van der Waals surface area contributed by atoms with Crippen LogP contribution in [0, 0.1) is 91.9 Å². The van der Waals surface area contributed by atoms with Gasteiger partial charge in [0.2, 0.25) is 41.4 Å². The monoisotopic (exact) mass is 2070 g/mol. The topological polar surface area (TPSA) is 546 Å². The van der Waals surface area contributed by atoms with E-state index >= 15 is 0 Å². The maximum atomic E-state index is 12.3. The number of nitrogens with zero attached hydrogens (tertiary/aromatic N) is 30. The fourth-order valence-electron chi connectivity index (χ4n) is 14.1. The van der Waals surface area contributed by atoms with Crippen LogP contribution in [0.4, 0.5) is 35.7 Å². The van der Waals surface area contributed by atoms with Crippen molar-refractivity contribution in [3.8, 4) is 23.0 Å². The van der Waals surface area contributed by atoms with E-state index in [1.165, 1.54) is 15.3 Å². The second kappa shape index (κ2) is 40.5. The fraction of sp³-hybridized carbons (Fsp3) is 0.268. The maximum Gasteiger partial charge on any atom is 0.223 e. The predicted octanol–water partition coefficient (Wildman–Crippen LogP) is 13.4. The van der Waals surface area contributed by atoms with E-state index in [2.05, 4.69) is 160 Å². The average Bonchev–Trinajstić information content (AvgIpc) is 1.86. The molecule has 18 rings (SSSR count). The lowest BCUT2D eigenvalue weighted by atomic mass is 10.1. The minimum absolute atomic E-state index is 0.0532. The first-order valence-corrected chi connectivity index (χ1v) is 43.3. The fourth-order valence-corrected chi connectivity index (χ4v) is 16.3. The van der Waals surface area contributed by atoms with Crippen molar-refractivity contribution in [2.45, 2.75) is 122 Å². The molecule has 18 aromatic heterocycles. The van der Waals surface area contributed by atoms with Crippen LogP contribution in [-0.4, -0.2) is 170 Å². The molecule has 49 heteroatoms. The van der Waals surface area contributed by atoms with Gasteiger partial charge in [0.25, 0.3) is 0 Å². The number of ether oxygens (including phenoxy) is 4. The summed E-state index contributed by atoms with van der Waals surface area (Å²) in [5.74, 6) is 3.94. The van der Waals surface area contributed by atoms with Crippen LogP contribution in [0.3, 0.4) is 0 Å². The van der Waals surface area contributed by atoms with Gasteiger partial charge in [0.1, 0.15) is 67.2 Å². The molecule has 0 spiro atoms. The number of nitrogen functional groups attached to an aromatic ring is 6. The van der Waals surface area contributed by atoms with Crippen LogP contribution in [0.1, 0.15) is 101 Å². The molecule has 0 unspecified atom stereocenters. The summed E-state index contributed by atoms with van der Waals surface area (Å²) >= 11 is 42.1. The van der Waals surface area contributed by atoms with E-state index in [1.807, 2.05) is 105 Å². The highest BCUT2D eigenvalue weighted by atomic mass is 127. The normalized spacial score (nSPS) is 11.1. The van der Waals surface area contributed by atoms with Crippen molar-refractivity contribution in [2.75, 3.05) is 62.8 Å². The zero-order valence-corrected chi connectivity index (χ0v) is 81.4. The summed E-state index contributed by atoms with van der Waals surface area (Å²) in [5.41, 5.74) is 57.4. The second-order valence-electron chi connectivity index (χ2n) is 29.5. The summed E-state index contributed by atoms with van der Waals surface area (Å²) in [4.78, 5) is 96.5. The number of pyridine rings is 6. The molecule has 0 radical (unpaired) electrons. The van der Waals surface area contributed by atoms with Gasteiger partial charge in [-0.2, -0.15) is 59.6 Å². The Kier molecular flexibility index (Phi) is 29.6. The number of hydrogen-bond donors (Lipinski definition) is 6. The molecule has 0 aliphatic heterocycles. The number of aryl methyl sites for hydroxylation is 6. The van der Waals surface area contributed by atoms with E-state index in [-0.39, 0.29) is 68.0 Å². The molecule has 0 amide bonds. The Labute approximate surface area is 798 Å². The number of rotatable bonds is 16. The molecule has 12 N–H and O–H groups in total. The van der Waals surface area contributed by atoms with Gasteiger partial charge in [-0.3, -0.25) is 24.9 Å². The number of anilines is 6. The molecule has 131 heavy (non-hydrogen) atoms. The van der Waals surface area contributed by atoms with Gasteiger partial charge in [-0.15, -0.1) is 0 Å². The van der Waals surface area contributed by atoms with Gasteiger partial charge in [0.05, 0.1) is 139 Å². The predicted molar refractivity (Wildman–Crippen MR) is 513 cm³/mol. The quantitative estimate of drug-likeness (QED) is 0.0226. The molecule has 0 fully saturated rings. The standard InChI is InChI=1S/C14H15BrN6O.C14H15ClN6O2.2C14H15ClN6O.C13H12Cl2N6.C13H12ClIN6/c1-7-4-17-9(8(2)11(7)22-3)5-21-6-18-10-12(15)19-14(16)20-13(10)21;1-7-4-21(22)9(8(2)11(7)23-3)5-20-6-17-10-12(15)18-14(16)19-13(10)20;2*1-7-4-17-9(8(2)11(7)22-3)5-21-6-18-10-12(15)19-14(16)20-13(10)21;1-6-3-17-8(7(2)9(6)14)4-21-5-18-10-11(15)19-13(16)20-12(10)21;1-6-3-17-8(7(2)9(6)15)4-21-5-18-10-11(14)19-13(16)20-12(10)21/h4,6H,5H2,1-3H3,(H2,16,19,20);4,6H,5H2,1-3H3,(H2,16,18,19);2*4,6H,5H2,1-3H3,(H2,16,19,20);2*3,5H,4H2,1-2H3,(H2,16,19,20). The van der Waals surface area contributed by atoms with Crippen LogP contribution < -0.4 is 58.1 Å². The zero-order valence-electron chi connectivity index (χ0n) is 73.1. The third-order valence-electron chi connectivity index (χ3n) is 20.8. The number of nitrogens with two attached hydrogens (primary N) is 6. The number of hydrogen-bond acceptors (Lipinski definition) is 34. The Morgan fingerprint density at radius 3 is 0.863 bits per heavy atom. The number of fused-ring (bicyclic) bond motifs is 6. The second-order valence-corrected chi connectivity index (χ2v) is 33.5. The molecule has 41 nitrogen and oxygen atoms in total. The van der Waals surface area contributed by atoms with E-state index in [9.17, 15) is 5.21 Å². The van der Waals surface area contributed by atoms with Gasteiger partial charge < -0.3 is 86.0 Å². The summed E-state index contributed by atoms with van der Waals surface area (Å²) in [6, 6.07) is 0. The van der Waals surface area contributed by atoms with Gasteiger partial charge >= 0.3 is 0 Å².